The molecule has 0 atom stereocenters. The van der Waals surface area contributed by atoms with Crippen LogP contribution >= 0.6 is 12.4 Å². The molecule has 0 heterocycles. The fourth-order valence-corrected chi connectivity index (χ4v) is 0.491. The second kappa shape index (κ2) is 3.83. The molecular weight excluding hydrogens is 166 g/mol. The molecule has 0 saturated carbocycles. The van der Waals surface area contributed by atoms with Crippen molar-refractivity contribution in [2.45, 2.75) is 0 Å². The number of carboxylic acids is 1. The van der Waals surface area contributed by atoms with Gasteiger partial charge in [0, 0.05) is 5.69 Å². The van der Waals surface area contributed by atoms with Gasteiger partial charge in [0.15, 0.2) is 0 Å². The van der Waals surface area contributed by atoms with E-state index in [-0.39, 0.29) is 12.4 Å². The van der Waals surface area contributed by atoms with Crippen LogP contribution in [0.5, 0.6) is 0 Å². The van der Waals surface area contributed by atoms with Crippen molar-refractivity contribution < 1.29 is 15.4 Å². The average Bonchev–Trinajstić information content (AvgIpc) is 2.11. The fourth-order valence-electron chi connectivity index (χ4n) is 0.491. The van der Waals surface area contributed by atoms with Gasteiger partial charge in [-0.25, -0.2) is 4.79 Å². The molecule has 0 radical (unpaired) electrons. The summed E-state index contributed by atoms with van der Waals surface area (Å²) in [5.41, 5.74) is 4.23. The first-order valence-electron chi connectivity index (χ1n) is 4.47. The standard InChI is InChI=1S/C7H7NO2.ClH/c8-6-4-2-1-3-5(6)7(9)10;/h1-4H,8H2,(H,9,10);1H/i1D,2D,3D,4D;. The van der Waals surface area contributed by atoms with E-state index in [1.165, 1.54) is 0 Å². The van der Waals surface area contributed by atoms with Crippen LogP contribution in [0.4, 0.5) is 5.69 Å². The minimum atomic E-state index is -1.46. The molecule has 1 aromatic carbocycles. The summed E-state index contributed by atoms with van der Waals surface area (Å²) < 4.78 is 28.9. The van der Waals surface area contributed by atoms with Crippen molar-refractivity contribution in [3.63, 3.8) is 0 Å². The first-order chi connectivity index (χ1) is 6.37. The predicted molar refractivity (Wildman–Crippen MR) is 45.1 cm³/mol. The van der Waals surface area contributed by atoms with E-state index in [9.17, 15) is 4.79 Å². The molecule has 1 rings (SSSR count). The number of rotatable bonds is 1. The number of anilines is 1. The van der Waals surface area contributed by atoms with Gasteiger partial charge in [-0.1, -0.05) is 12.1 Å². The van der Waals surface area contributed by atoms with E-state index in [1.807, 2.05) is 0 Å². The largest absolute Gasteiger partial charge is 0.478 e. The van der Waals surface area contributed by atoms with Crippen molar-refractivity contribution in [1.82, 2.24) is 0 Å². The molecule has 4 heteroatoms. The van der Waals surface area contributed by atoms with Gasteiger partial charge in [-0.2, -0.15) is 0 Å². The van der Waals surface area contributed by atoms with Crippen LogP contribution in [0.3, 0.4) is 0 Å². The Morgan fingerprint density at radius 2 is 2.09 bits per heavy atom. The quantitative estimate of drug-likeness (QED) is 0.638. The molecule has 0 bridgehead atoms. The molecule has 11 heavy (non-hydrogen) atoms. The van der Waals surface area contributed by atoms with Gasteiger partial charge in [0.1, 0.15) is 0 Å². The van der Waals surface area contributed by atoms with E-state index in [0.717, 1.165) is 0 Å². The summed E-state index contributed by atoms with van der Waals surface area (Å²) in [4.78, 5) is 10.6. The lowest BCUT2D eigenvalue weighted by molar-refractivity contribution is 0.0698. The second-order valence-corrected chi connectivity index (χ2v) is 1.59. The van der Waals surface area contributed by atoms with Gasteiger partial charge in [0.2, 0.25) is 0 Å². The number of carboxylic acid groups (broad SMARTS) is 1. The average molecular weight is 178 g/mol. The maximum Gasteiger partial charge on any atom is 0.337 e. The highest BCUT2D eigenvalue weighted by Gasteiger charge is 2.03. The second-order valence-electron chi connectivity index (χ2n) is 1.59. The van der Waals surface area contributed by atoms with E-state index in [2.05, 4.69) is 0 Å². The summed E-state index contributed by atoms with van der Waals surface area (Å²) in [6.45, 7) is 0. The van der Waals surface area contributed by atoms with Gasteiger partial charge in [0.05, 0.1) is 11.0 Å². The number of nitrogens with two attached hydrogens (primary N) is 1. The SMILES string of the molecule is Cl.[2H]c1c([2H])c([2H])c(C(=O)O)c(N)c1[2H]. The lowest BCUT2D eigenvalue weighted by atomic mass is 10.2. The molecule has 0 aliphatic rings. The Kier molecular flexibility index (Phi) is 1.61. The number of hydrogen-bond donors (Lipinski definition) is 2. The van der Waals surface area contributed by atoms with Crippen LogP contribution in [-0.2, 0) is 0 Å². The Bertz CT molecular complexity index is 395. The van der Waals surface area contributed by atoms with Gasteiger partial charge < -0.3 is 10.8 Å². The minimum absolute atomic E-state index is 0. The maximum absolute atomic E-state index is 10.6. The zero-order chi connectivity index (χ0) is 11.0. The Morgan fingerprint density at radius 1 is 1.55 bits per heavy atom. The third kappa shape index (κ3) is 2.13. The topological polar surface area (TPSA) is 63.3 Å². The van der Waals surface area contributed by atoms with Crippen molar-refractivity contribution in [3.8, 4) is 0 Å². The molecule has 0 saturated heterocycles. The van der Waals surface area contributed by atoms with Crippen LogP contribution in [0.15, 0.2) is 24.2 Å². The smallest absolute Gasteiger partial charge is 0.337 e. The summed E-state index contributed by atoms with van der Waals surface area (Å²) >= 11 is 0. The number of hydrogen-bond acceptors (Lipinski definition) is 2. The molecule has 0 aliphatic carbocycles. The number of benzene rings is 1. The summed E-state index contributed by atoms with van der Waals surface area (Å²) in [6.07, 6.45) is 0. The molecule has 1 aromatic rings. The lowest BCUT2D eigenvalue weighted by Gasteiger charge is -1.96. The van der Waals surface area contributed by atoms with Crippen molar-refractivity contribution in [1.29, 1.82) is 0 Å². The molecule has 60 valence electrons. The van der Waals surface area contributed by atoms with Gasteiger partial charge in [-0.05, 0) is 12.1 Å². The zero-order valence-corrected chi connectivity index (χ0v) is 6.16. The van der Waals surface area contributed by atoms with Gasteiger partial charge in [-0.15, -0.1) is 12.4 Å². The van der Waals surface area contributed by atoms with Crippen LogP contribution in [0.25, 0.3) is 0 Å². The molecule has 0 unspecified atom stereocenters. The summed E-state index contributed by atoms with van der Waals surface area (Å²) in [6, 6.07) is -2.28. The van der Waals surface area contributed by atoms with E-state index in [0.29, 0.717) is 0 Å². The van der Waals surface area contributed by atoms with Crippen molar-refractivity contribution in [2.75, 3.05) is 5.73 Å². The number of para-hydroxylation sites is 1. The van der Waals surface area contributed by atoms with Crippen molar-refractivity contribution >= 4 is 24.1 Å². The van der Waals surface area contributed by atoms with Crippen molar-refractivity contribution in [3.05, 3.63) is 29.7 Å². The summed E-state index contributed by atoms with van der Waals surface area (Å²) in [7, 11) is 0. The fraction of sp³-hybridized carbons (Fsp3) is 0. The van der Waals surface area contributed by atoms with Gasteiger partial charge in [0.25, 0.3) is 0 Å². The van der Waals surface area contributed by atoms with E-state index < -0.39 is 41.4 Å². The Balaban J connectivity index is 0.00000196. The maximum atomic E-state index is 10.6. The van der Waals surface area contributed by atoms with Crippen molar-refractivity contribution in [2.24, 2.45) is 0 Å². The Hall–Kier alpha value is -1.22. The molecule has 0 fully saturated rings. The normalized spacial score (nSPS) is 13.5. The van der Waals surface area contributed by atoms with E-state index in [1.54, 1.807) is 0 Å². The predicted octanol–water partition coefficient (Wildman–Crippen LogP) is 1.39. The molecule has 0 aromatic heterocycles. The number of nitrogen functional groups attached to an aromatic ring is 1. The van der Waals surface area contributed by atoms with Crippen LogP contribution < -0.4 is 5.73 Å². The third-order valence-electron chi connectivity index (χ3n) is 0.930. The first-order valence-corrected chi connectivity index (χ1v) is 2.47. The van der Waals surface area contributed by atoms with E-state index >= 15 is 0 Å². The Labute approximate surface area is 75.9 Å². The first kappa shape index (κ1) is 4.62. The highest BCUT2D eigenvalue weighted by molar-refractivity contribution is 5.93. The lowest BCUT2D eigenvalue weighted by Crippen LogP contribution is -2.00. The van der Waals surface area contributed by atoms with Gasteiger partial charge in [-0.3, -0.25) is 0 Å². The van der Waals surface area contributed by atoms with Crippen LogP contribution in [0, 0.1) is 0 Å². The molecule has 0 spiro atoms. The van der Waals surface area contributed by atoms with E-state index in [4.69, 9.17) is 16.3 Å². The van der Waals surface area contributed by atoms with Crippen LogP contribution in [0.2, 0.25) is 0 Å². The zero-order valence-electron chi connectivity index (χ0n) is 9.34. The van der Waals surface area contributed by atoms with Crippen LogP contribution in [0.1, 0.15) is 15.8 Å². The monoisotopic (exact) mass is 177 g/mol. The summed E-state index contributed by atoms with van der Waals surface area (Å²) in [5, 5.41) is 8.66. The Morgan fingerprint density at radius 3 is 2.64 bits per heavy atom. The number of carbonyl (C=O) groups is 1. The number of halogens is 1. The highest BCUT2D eigenvalue weighted by atomic mass is 35.5. The van der Waals surface area contributed by atoms with Gasteiger partial charge >= 0.3 is 5.97 Å². The highest BCUT2D eigenvalue weighted by Crippen LogP contribution is 2.08. The third-order valence-corrected chi connectivity index (χ3v) is 0.930. The molecule has 3 nitrogen and oxygen atoms in total. The number of aromatic carboxylic acids is 1. The minimum Gasteiger partial charge on any atom is -0.478 e. The summed E-state index contributed by atoms with van der Waals surface area (Å²) in [5.74, 6) is -1.46. The molecule has 0 amide bonds. The molecular formula is C7H8ClNO2. The van der Waals surface area contributed by atoms with Crippen LogP contribution in [-0.4, -0.2) is 11.1 Å². The molecule has 3 N–H and O–H groups in total. The molecule has 0 aliphatic heterocycles.